The van der Waals surface area contributed by atoms with Crippen LogP contribution in [0.15, 0.2) is 23.0 Å². The molecule has 3 N–H and O–H groups in total. The summed E-state index contributed by atoms with van der Waals surface area (Å²) in [6, 6.07) is 1.38. The summed E-state index contributed by atoms with van der Waals surface area (Å²) in [7, 11) is 0. The van der Waals surface area contributed by atoms with Crippen molar-refractivity contribution in [1.82, 2.24) is 5.32 Å². The molecule has 0 fully saturated rings. The van der Waals surface area contributed by atoms with Gasteiger partial charge in [-0.25, -0.2) is 8.78 Å². The number of nitrogens with two attached hydrogens (primary N) is 1. The van der Waals surface area contributed by atoms with Crippen molar-refractivity contribution in [3.63, 3.8) is 0 Å². The van der Waals surface area contributed by atoms with Crippen LogP contribution < -0.4 is 11.1 Å². The van der Waals surface area contributed by atoms with Gasteiger partial charge in [0.05, 0.1) is 24.9 Å². The van der Waals surface area contributed by atoms with Crippen LogP contribution in [0, 0.1) is 0 Å². The van der Waals surface area contributed by atoms with E-state index in [1.54, 1.807) is 0 Å². The zero-order valence-corrected chi connectivity index (χ0v) is 7.30. The van der Waals surface area contributed by atoms with Gasteiger partial charge in [-0.15, -0.1) is 0 Å². The fourth-order valence-electron chi connectivity index (χ4n) is 0.777. The van der Waals surface area contributed by atoms with E-state index in [9.17, 15) is 13.6 Å². The molecule has 0 radical (unpaired) electrons. The summed E-state index contributed by atoms with van der Waals surface area (Å²) in [6.45, 7) is -1.56. The molecule has 0 aliphatic heterocycles. The van der Waals surface area contributed by atoms with Crippen molar-refractivity contribution in [3.05, 3.63) is 24.2 Å². The van der Waals surface area contributed by atoms with E-state index >= 15 is 0 Å². The van der Waals surface area contributed by atoms with Gasteiger partial charge >= 0.3 is 0 Å². The van der Waals surface area contributed by atoms with E-state index < -0.39 is 24.9 Å². The predicted molar refractivity (Wildman–Crippen MR) is 45.0 cm³/mol. The standard InChI is InChI=1S/C8H10F2N2O2/c9-8(10,4-11)5-12-7(13)6-1-2-14-3-6/h1-3H,4-5,11H2,(H,12,13). The average molecular weight is 204 g/mol. The first-order valence-corrected chi connectivity index (χ1v) is 3.93. The van der Waals surface area contributed by atoms with Crippen molar-refractivity contribution in [2.45, 2.75) is 5.92 Å². The smallest absolute Gasteiger partial charge is 0.277 e. The number of hydrogen-bond acceptors (Lipinski definition) is 3. The van der Waals surface area contributed by atoms with E-state index in [-0.39, 0.29) is 5.56 Å². The minimum absolute atomic E-state index is 0.206. The van der Waals surface area contributed by atoms with E-state index in [0.29, 0.717) is 0 Å². The van der Waals surface area contributed by atoms with Gasteiger partial charge in [0.15, 0.2) is 0 Å². The van der Waals surface area contributed by atoms with E-state index in [0.717, 1.165) is 0 Å². The molecule has 0 aliphatic carbocycles. The summed E-state index contributed by atoms with van der Waals surface area (Å²) >= 11 is 0. The molecule has 1 aromatic heterocycles. The molecule has 0 spiro atoms. The molecule has 14 heavy (non-hydrogen) atoms. The highest BCUT2D eigenvalue weighted by atomic mass is 19.3. The molecule has 1 heterocycles. The number of rotatable bonds is 4. The zero-order valence-electron chi connectivity index (χ0n) is 7.30. The van der Waals surface area contributed by atoms with Crippen LogP contribution in [0.25, 0.3) is 0 Å². The van der Waals surface area contributed by atoms with Crippen LogP contribution >= 0.6 is 0 Å². The SMILES string of the molecule is NCC(F)(F)CNC(=O)c1ccoc1. The van der Waals surface area contributed by atoms with Crippen molar-refractivity contribution < 1.29 is 18.0 Å². The number of hydrogen-bond donors (Lipinski definition) is 2. The Balaban J connectivity index is 2.43. The fraction of sp³-hybridized carbons (Fsp3) is 0.375. The number of amides is 1. The summed E-state index contributed by atoms with van der Waals surface area (Å²) in [5, 5.41) is 2.05. The van der Waals surface area contributed by atoms with Gasteiger partial charge in [0.25, 0.3) is 11.8 Å². The van der Waals surface area contributed by atoms with E-state index in [2.05, 4.69) is 4.42 Å². The summed E-state index contributed by atoms with van der Waals surface area (Å²) in [5.41, 5.74) is 5.00. The molecule has 4 nitrogen and oxygen atoms in total. The predicted octanol–water partition coefficient (Wildman–Crippen LogP) is 0.603. The Morgan fingerprint density at radius 2 is 2.36 bits per heavy atom. The lowest BCUT2D eigenvalue weighted by molar-refractivity contribution is 0.0118. The second-order valence-electron chi connectivity index (χ2n) is 2.75. The van der Waals surface area contributed by atoms with Crippen molar-refractivity contribution in [2.24, 2.45) is 5.73 Å². The van der Waals surface area contributed by atoms with Crippen LogP contribution in [0.5, 0.6) is 0 Å². The molecular weight excluding hydrogens is 194 g/mol. The summed E-state index contributed by atoms with van der Waals surface area (Å²) < 4.78 is 29.8. The second-order valence-corrected chi connectivity index (χ2v) is 2.75. The van der Waals surface area contributed by atoms with Gasteiger partial charge in [-0.3, -0.25) is 4.79 Å². The third-order valence-electron chi connectivity index (χ3n) is 1.59. The van der Waals surface area contributed by atoms with Crippen LogP contribution in [0.3, 0.4) is 0 Å². The number of halogens is 2. The summed E-state index contributed by atoms with van der Waals surface area (Å²) in [4.78, 5) is 11.1. The number of furan rings is 1. The Labute approximate surface area is 79.1 Å². The minimum Gasteiger partial charge on any atom is -0.472 e. The number of nitrogens with one attached hydrogen (secondary N) is 1. The maximum atomic E-state index is 12.6. The van der Waals surface area contributed by atoms with E-state index in [1.807, 2.05) is 5.32 Å². The van der Waals surface area contributed by atoms with Gasteiger partial charge in [-0.2, -0.15) is 0 Å². The number of carbonyl (C=O) groups excluding carboxylic acids is 1. The monoisotopic (exact) mass is 204 g/mol. The first-order chi connectivity index (χ1) is 6.55. The Hall–Kier alpha value is -1.43. The van der Waals surface area contributed by atoms with Crippen molar-refractivity contribution in [3.8, 4) is 0 Å². The van der Waals surface area contributed by atoms with Crippen LogP contribution in [-0.4, -0.2) is 24.9 Å². The first kappa shape index (κ1) is 10.6. The lowest BCUT2D eigenvalue weighted by Crippen LogP contribution is -2.41. The topological polar surface area (TPSA) is 68.3 Å². The highest BCUT2D eigenvalue weighted by molar-refractivity contribution is 5.93. The highest BCUT2D eigenvalue weighted by Crippen LogP contribution is 2.09. The van der Waals surface area contributed by atoms with Gasteiger partial charge in [0, 0.05) is 0 Å². The quantitative estimate of drug-likeness (QED) is 0.754. The number of carbonyl (C=O) groups is 1. The Kier molecular flexibility index (Phi) is 3.19. The molecule has 6 heteroatoms. The molecule has 0 aromatic carbocycles. The normalized spacial score (nSPS) is 11.4. The van der Waals surface area contributed by atoms with Gasteiger partial charge in [0.1, 0.15) is 6.26 Å². The Morgan fingerprint density at radius 3 is 2.86 bits per heavy atom. The molecular formula is C8H10F2N2O2. The van der Waals surface area contributed by atoms with Crippen molar-refractivity contribution >= 4 is 5.91 Å². The van der Waals surface area contributed by atoms with Crippen molar-refractivity contribution in [2.75, 3.05) is 13.1 Å². The lowest BCUT2D eigenvalue weighted by atomic mass is 10.3. The fourth-order valence-corrected chi connectivity index (χ4v) is 0.777. The number of alkyl halides is 2. The summed E-state index contributed by atoms with van der Waals surface area (Å²) in [6.07, 6.45) is 2.46. The van der Waals surface area contributed by atoms with Gasteiger partial charge < -0.3 is 15.5 Å². The molecule has 1 amide bonds. The molecule has 1 rings (SSSR count). The third-order valence-corrected chi connectivity index (χ3v) is 1.59. The van der Waals surface area contributed by atoms with Crippen LogP contribution in [0.4, 0.5) is 8.78 Å². The minimum atomic E-state index is -3.07. The molecule has 1 aromatic rings. The second kappa shape index (κ2) is 4.19. The molecule has 0 saturated heterocycles. The average Bonchev–Trinajstić information content (AvgIpc) is 2.67. The van der Waals surface area contributed by atoms with Gasteiger partial charge in [-0.1, -0.05) is 0 Å². The molecule has 78 valence electrons. The molecule has 0 bridgehead atoms. The third kappa shape index (κ3) is 2.81. The highest BCUT2D eigenvalue weighted by Gasteiger charge is 2.27. The lowest BCUT2D eigenvalue weighted by Gasteiger charge is -2.13. The van der Waals surface area contributed by atoms with Crippen LogP contribution in [0.1, 0.15) is 10.4 Å². The molecule has 0 saturated carbocycles. The van der Waals surface area contributed by atoms with E-state index in [4.69, 9.17) is 5.73 Å². The van der Waals surface area contributed by atoms with Gasteiger partial charge in [-0.05, 0) is 6.07 Å². The molecule has 0 atom stereocenters. The molecule has 0 aliphatic rings. The first-order valence-electron chi connectivity index (χ1n) is 3.93. The maximum Gasteiger partial charge on any atom is 0.277 e. The van der Waals surface area contributed by atoms with Crippen LogP contribution in [-0.2, 0) is 0 Å². The molecule has 0 unspecified atom stereocenters. The summed E-state index contributed by atoms with van der Waals surface area (Å²) in [5.74, 6) is -3.67. The maximum absolute atomic E-state index is 12.6. The Morgan fingerprint density at radius 1 is 1.64 bits per heavy atom. The Bertz CT molecular complexity index is 298. The largest absolute Gasteiger partial charge is 0.472 e. The van der Waals surface area contributed by atoms with Crippen molar-refractivity contribution in [1.29, 1.82) is 0 Å². The van der Waals surface area contributed by atoms with E-state index in [1.165, 1.54) is 18.6 Å². The zero-order chi connectivity index (χ0) is 10.6. The van der Waals surface area contributed by atoms with Crippen LogP contribution in [0.2, 0.25) is 0 Å². The van der Waals surface area contributed by atoms with Gasteiger partial charge in [0.2, 0.25) is 0 Å².